The Morgan fingerprint density at radius 3 is 2.38 bits per heavy atom. The molecule has 0 aliphatic rings. The molecule has 1 aromatic heterocycles. The summed E-state index contributed by atoms with van der Waals surface area (Å²) in [6.45, 7) is 3.97. The van der Waals surface area contributed by atoms with Gasteiger partial charge in [-0.2, -0.15) is 13.2 Å². The van der Waals surface area contributed by atoms with Crippen molar-refractivity contribution in [2.45, 2.75) is 38.9 Å². The third kappa shape index (κ3) is 5.94. The molecule has 1 N–H and O–H groups in total. The molecule has 152 valence electrons. The van der Waals surface area contributed by atoms with Crippen molar-refractivity contribution in [3.05, 3.63) is 87.7 Å². The molecule has 0 bridgehead atoms. The van der Waals surface area contributed by atoms with Gasteiger partial charge in [-0.1, -0.05) is 41.9 Å². The van der Waals surface area contributed by atoms with Crippen LogP contribution in [0.15, 0.2) is 54.7 Å². The molecule has 0 radical (unpaired) electrons. The Morgan fingerprint density at radius 1 is 1.00 bits per heavy atom. The van der Waals surface area contributed by atoms with Crippen LogP contribution in [0.3, 0.4) is 0 Å². The molecule has 7 heteroatoms. The fourth-order valence-corrected chi connectivity index (χ4v) is 3.07. The summed E-state index contributed by atoms with van der Waals surface area (Å²) < 4.78 is 39.1. The first kappa shape index (κ1) is 21.1. The predicted molar refractivity (Wildman–Crippen MR) is 109 cm³/mol. The molecule has 0 saturated carbocycles. The van der Waals surface area contributed by atoms with E-state index in [-0.39, 0.29) is 6.04 Å². The third-order valence-corrected chi connectivity index (χ3v) is 4.56. The van der Waals surface area contributed by atoms with Gasteiger partial charge < -0.3 is 5.32 Å². The minimum Gasteiger partial charge on any atom is -0.352 e. The summed E-state index contributed by atoms with van der Waals surface area (Å²) in [5.74, 6) is 0.497. The van der Waals surface area contributed by atoms with Crippen molar-refractivity contribution >= 4 is 17.5 Å². The van der Waals surface area contributed by atoms with Gasteiger partial charge in [0.05, 0.1) is 11.3 Å². The molecule has 0 aliphatic carbocycles. The fraction of sp³-hybridized carbons (Fsp3) is 0.273. The summed E-state index contributed by atoms with van der Waals surface area (Å²) >= 11 is 5.96. The average Bonchev–Trinajstić information content (AvgIpc) is 2.65. The second-order valence-electron chi connectivity index (χ2n) is 7.14. The molecule has 0 amide bonds. The number of rotatable bonds is 6. The van der Waals surface area contributed by atoms with Gasteiger partial charge in [-0.15, -0.1) is 0 Å². The Hall–Kier alpha value is -2.60. The van der Waals surface area contributed by atoms with Crippen LogP contribution in [-0.4, -0.2) is 16.0 Å². The quantitative estimate of drug-likeness (QED) is 0.520. The van der Waals surface area contributed by atoms with Gasteiger partial charge in [-0.25, -0.2) is 9.97 Å². The number of anilines is 1. The highest BCUT2D eigenvalue weighted by Crippen LogP contribution is 2.30. The first-order chi connectivity index (χ1) is 13.7. The highest BCUT2D eigenvalue weighted by Gasteiger charge is 2.30. The Balaban J connectivity index is 1.93. The van der Waals surface area contributed by atoms with E-state index in [0.29, 0.717) is 29.4 Å². The Morgan fingerprint density at radius 2 is 1.72 bits per heavy atom. The van der Waals surface area contributed by atoms with E-state index in [2.05, 4.69) is 15.3 Å². The van der Waals surface area contributed by atoms with Gasteiger partial charge in [0.15, 0.2) is 0 Å². The third-order valence-electron chi connectivity index (χ3n) is 4.31. The second kappa shape index (κ2) is 8.82. The van der Waals surface area contributed by atoms with Crippen molar-refractivity contribution in [3.8, 4) is 0 Å². The highest BCUT2D eigenvalue weighted by atomic mass is 35.5. The van der Waals surface area contributed by atoms with Crippen LogP contribution in [-0.2, 0) is 19.0 Å². The van der Waals surface area contributed by atoms with Crippen molar-refractivity contribution in [2.24, 2.45) is 0 Å². The summed E-state index contributed by atoms with van der Waals surface area (Å²) in [7, 11) is 0. The predicted octanol–water partition coefficient (Wildman–Crippen LogP) is 6.15. The van der Waals surface area contributed by atoms with Crippen LogP contribution in [0.4, 0.5) is 19.1 Å². The van der Waals surface area contributed by atoms with Crippen LogP contribution in [0.5, 0.6) is 0 Å². The molecule has 3 nitrogen and oxygen atoms in total. The lowest BCUT2D eigenvalue weighted by molar-refractivity contribution is -0.137. The fourth-order valence-electron chi connectivity index (χ4n) is 2.94. The lowest BCUT2D eigenvalue weighted by atomic mass is 9.99. The van der Waals surface area contributed by atoms with Crippen molar-refractivity contribution in [2.75, 3.05) is 5.32 Å². The molecule has 2 aromatic carbocycles. The molecule has 0 unspecified atom stereocenters. The standard InChI is InChI=1S/C22H21ClF3N3/c1-14(2)28-21-27-13-17(10-16-4-3-5-18(11-16)22(24,25)26)20(29-21)12-15-6-8-19(23)9-7-15/h3-9,11,13-14H,10,12H2,1-2H3,(H,27,28,29). The molecule has 0 spiro atoms. The molecule has 3 rings (SSSR count). The normalized spacial score (nSPS) is 11.7. The lowest BCUT2D eigenvalue weighted by Gasteiger charge is -2.14. The number of alkyl halides is 3. The van der Waals surface area contributed by atoms with E-state index < -0.39 is 11.7 Å². The minimum absolute atomic E-state index is 0.160. The van der Waals surface area contributed by atoms with E-state index in [9.17, 15) is 13.2 Å². The van der Waals surface area contributed by atoms with E-state index in [0.717, 1.165) is 22.9 Å². The van der Waals surface area contributed by atoms with Crippen molar-refractivity contribution in [3.63, 3.8) is 0 Å². The smallest absolute Gasteiger partial charge is 0.352 e. The molecular formula is C22H21ClF3N3. The summed E-state index contributed by atoms with van der Waals surface area (Å²) in [5, 5.41) is 3.81. The maximum Gasteiger partial charge on any atom is 0.416 e. The monoisotopic (exact) mass is 419 g/mol. The van der Waals surface area contributed by atoms with Crippen LogP contribution in [0.1, 0.15) is 41.8 Å². The van der Waals surface area contributed by atoms with Crippen LogP contribution < -0.4 is 5.32 Å². The number of hydrogen-bond acceptors (Lipinski definition) is 3. The number of hydrogen-bond donors (Lipinski definition) is 1. The minimum atomic E-state index is -4.37. The van der Waals surface area contributed by atoms with Crippen LogP contribution in [0.2, 0.25) is 5.02 Å². The molecule has 29 heavy (non-hydrogen) atoms. The van der Waals surface area contributed by atoms with E-state index in [4.69, 9.17) is 11.6 Å². The first-order valence-electron chi connectivity index (χ1n) is 9.22. The topological polar surface area (TPSA) is 37.8 Å². The van der Waals surface area contributed by atoms with Crippen LogP contribution in [0.25, 0.3) is 0 Å². The van der Waals surface area contributed by atoms with Gasteiger partial charge in [0.1, 0.15) is 0 Å². The van der Waals surface area contributed by atoms with E-state index in [1.165, 1.54) is 12.1 Å². The highest BCUT2D eigenvalue weighted by molar-refractivity contribution is 6.30. The maximum absolute atomic E-state index is 13.0. The SMILES string of the molecule is CC(C)Nc1ncc(Cc2cccc(C(F)(F)F)c2)c(Cc2ccc(Cl)cc2)n1. The molecule has 0 aliphatic heterocycles. The van der Waals surface area contributed by atoms with Gasteiger partial charge in [-0.3, -0.25) is 0 Å². The largest absolute Gasteiger partial charge is 0.416 e. The van der Waals surface area contributed by atoms with Crippen molar-refractivity contribution in [1.82, 2.24) is 9.97 Å². The molecule has 0 saturated heterocycles. The van der Waals surface area contributed by atoms with Gasteiger partial charge in [0, 0.05) is 30.1 Å². The Labute approximate surface area is 173 Å². The number of aromatic nitrogens is 2. The maximum atomic E-state index is 13.0. The Bertz CT molecular complexity index is 970. The van der Waals surface area contributed by atoms with Gasteiger partial charge in [-0.05, 0) is 48.7 Å². The Kier molecular flexibility index (Phi) is 6.42. The van der Waals surface area contributed by atoms with Crippen molar-refractivity contribution < 1.29 is 13.2 Å². The summed E-state index contributed by atoms with van der Waals surface area (Å²) in [5.41, 5.74) is 2.46. The zero-order chi connectivity index (χ0) is 21.0. The first-order valence-corrected chi connectivity index (χ1v) is 9.60. The molecular weight excluding hydrogens is 399 g/mol. The average molecular weight is 420 g/mol. The van der Waals surface area contributed by atoms with Gasteiger partial charge >= 0.3 is 6.18 Å². The summed E-state index contributed by atoms with van der Waals surface area (Å²) in [6.07, 6.45) is -1.84. The molecule has 1 heterocycles. The van der Waals surface area contributed by atoms with E-state index in [1.807, 2.05) is 26.0 Å². The number of nitrogens with one attached hydrogen (secondary N) is 1. The molecule has 0 atom stereocenters. The summed E-state index contributed by atoms with van der Waals surface area (Å²) in [6, 6.07) is 12.9. The number of halogens is 4. The van der Waals surface area contributed by atoms with E-state index >= 15 is 0 Å². The summed E-state index contributed by atoms with van der Waals surface area (Å²) in [4.78, 5) is 8.96. The number of nitrogens with zero attached hydrogens (tertiary/aromatic N) is 2. The van der Waals surface area contributed by atoms with E-state index in [1.54, 1.807) is 24.4 Å². The van der Waals surface area contributed by atoms with Gasteiger partial charge in [0.2, 0.25) is 5.95 Å². The van der Waals surface area contributed by atoms with Crippen LogP contribution >= 0.6 is 11.6 Å². The lowest BCUT2D eigenvalue weighted by Crippen LogP contribution is -2.14. The van der Waals surface area contributed by atoms with Gasteiger partial charge in [0.25, 0.3) is 0 Å². The zero-order valence-electron chi connectivity index (χ0n) is 16.1. The number of benzene rings is 2. The molecule has 0 fully saturated rings. The van der Waals surface area contributed by atoms with Crippen molar-refractivity contribution in [1.29, 1.82) is 0 Å². The van der Waals surface area contributed by atoms with Crippen LogP contribution in [0, 0.1) is 0 Å². The second-order valence-corrected chi connectivity index (χ2v) is 7.58. The zero-order valence-corrected chi connectivity index (χ0v) is 16.8. The molecule has 3 aromatic rings.